The highest BCUT2D eigenvalue weighted by molar-refractivity contribution is 8.61. The van der Waals surface area contributed by atoms with Crippen LogP contribution in [0, 0.1) is 0 Å². The fraction of sp³-hybridized carbons (Fsp3) is 1.00. The van der Waals surface area contributed by atoms with Crippen LogP contribution in [0.15, 0.2) is 0 Å². The molecule has 0 aromatic carbocycles. The molecule has 0 aromatic rings. The Labute approximate surface area is 144 Å². The third-order valence-electron chi connectivity index (χ3n) is 3.26. The summed E-state index contributed by atoms with van der Waals surface area (Å²) >= 11 is 0. The van der Waals surface area contributed by atoms with Gasteiger partial charge >= 0.3 is 0 Å². The molecular formula is C14H30O4S4. The minimum absolute atomic E-state index is 0.475. The minimum atomic E-state index is -1.17. The second-order valence-corrected chi connectivity index (χ2v) is 13.9. The van der Waals surface area contributed by atoms with Crippen LogP contribution in [0.2, 0.25) is 0 Å². The summed E-state index contributed by atoms with van der Waals surface area (Å²) in [6, 6.07) is 0. The summed E-state index contributed by atoms with van der Waals surface area (Å²) in [6.45, 7) is 3.59. The van der Waals surface area contributed by atoms with Crippen molar-refractivity contribution in [3.8, 4) is 0 Å². The van der Waals surface area contributed by atoms with Gasteiger partial charge in [-0.2, -0.15) is 0 Å². The summed E-state index contributed by atoms with van der Waals surface area (Å²) in [5.41, 5.74) is 0. The quantitative estimate of drug-likeness (QED) is 0.318. The monoisotopic (exact) mass is 390 g/mol. The highest BCUT2D eigenvalue weighted by Crippen LogP contribution is 2.10. The molecule has 0 bridgehead atoms. The zero-order valence-electron chi connectivity index (χ0n) is 13.8. The number of unbranched alkanes of at least 4 members (excludes halogenated alkanes) is 7. The highest BCUT2D eigenvalue weighted by atomic mass is 33.1. The molecule has 0 radical (unpaired) electrons. The van der Waals surface area contributed by atoms with Crippen LogP contribution in [0.25, 0.3) is 0 Å². The molecule has 0 N–H and O–H groups in total. The minimum Gasteiger partial charge on any atom is -0.246 e. The van der Waals surface area contributed by atoms with Crippen LogP contribution in [0.1, 0.15) is 65.2 Å². The van der Waals surface area contributed by atoms with E-state index in [1.165, 1.54) is 0 Å². The van der Waals surface area contributed by atoms with Crippen LogP contribution in [-0.4, -0.2) is 39.8 Å². The summed E-state index contributed by atoms with van der Waals surface area (Å²) in [7, 11) is -4.67. The van der Waals surface area contributed by atoms with Crippen LogP contribution in [0.3, 0.4) is 0 Å². The second kappa shape index (κ2) is 15.1. The predicted molar refractivity (Wildman–Crippen MR) is 100 cm³/mol. The Morgan fingerprint density at radius 2 is 0.727 bits per heavy atom. The van der Waals surface area contributed by atoms with Gasteiger partial charge in [-0.15, -0.1) is 0 Å². The van der Waals surface area contributed by atoms with Gasteiger partial charge in [-0.25, -0.2) is 16.8 Å². The molecule has 8 heteroatoms. The predicted octanol–water partition coefficient (Wildman–Crippen LogP) is 2.97. The Morgan fingerprint density at radius 1 is 0.455 bits per heavy atom. The largest absolute Gasteiger partial charge is 0.246 e. The molecule has 0 aliphatic carbocycles. The van der Waals surface area contributed by atoms with Gasteiger partial charge in [0, 0.05) is 23.0 Å². The molecule has 0 aliphatic rings. The van der Waals surface area contributed by atoms with Gasteiger partial charge in [0.2, 0.25) is 0 Å². The van der Waals surface area contributed by atoms with Crippen molar-refractivity contribution >= 4 is 39.3 Å². The Balaban J connectivity index is 3.34. The lowest BCUT2D eigenvalue weighted by Crippen LogP contribution is -2.06. The zero-order valence-corrected chi connectivity index (χ0v) is 17.0. The molecule has 4 unspecified atom stereocenters. The maximum absolute atomic E-state index is 11.5. The summed E-state index contributed by atoms with van der Waals surface area (Å²) in [6.07, 6.45) is 8.45. The van der Waals surface area contributed by atoms with Crippen molar-refractivity contribution in [2.75, 3.05) is 23.0 Å². The van der Waals surface area contributed by atoms with Crippen molar-refractivity contribution in [3.05, 3.63) is 0 Å². The van der Waals surface area contributed by atoms with Crippen molar-refractivity contribution in [2.24, 2.45) is 0 Å². The van der Waals surface area contributed by atoms with Gasteiger partial charge in [-0.05, 0) is 12.8 Å². The average molecular weight is 391 g/mol. The highest BCUT2D eigenvalue weighted by Gasteiger charge is 2.07. The molecule has 0 aromatic heterocycles. The third kappa shape index (κ3) is 12.1. The molecular weight excluding hydrogens is 360 g/mol. The van der Waals surface area contributed by atoms with E-state index in [0.29, 0.717) is 23.0 Å². The maximum Gasteiger partial charge on any atom is 0.110 e. The first-order chi connectivity index (χ1) is 10.5. The molecule has 0 heterocycles. The summed E-state index contributed by atoms with van der Waals surface area (Å²) in [5, 5.41) is 0. The lowest BCUT2D eigenvalue weighted by atomic mass is 10.1. The Hall–Kier alpha value is 0.600. The molecule has 0 aliphatic heterocycles. The molecule has 0 spiro atoms. The van der Waals surface area contributed by atoms with Gasteiger partial charge in [0.1, 0.15) is 39.3 Å². The Kier molecular flexibility index (Phi) is 15.6. The van der Waals surface area contributed by atoms with Crippen molar-refractivity contribution in [2.45, 2.75) is 65.2 Å². The van der Waals surface area contributed by atoms with Gasteiger partial charge in [0.15, 0.2) is 0 Å². The van der Waals surface area contributed by atoms with Crippen molar-refractivity contribution < 1.29 is 16.8 Å². The fourth-order valence-corrected chi connectivity index (χ4v) is 7.13. The summed E-state index contributed by atoms with van der Waals surface area (Å²) < 4.78 is 45.5. The van der Waals surface area contributed by atoms with Crippen LogP contribution in [0.5, 0.6) is 0 Å². The molecule has 22 heavy (non-hydrogen) atoms. The van der Waals surface area contributed by atoms with Crippen molar-refractivity contribution in [1.29, 1.82) is 0 Å². The van der Waals surface area contributed by atoms with Gasteiger partial charge in [0.05, 0.1) is 0 Å². The molecule has 4 nitrogen and oxygen atoms in total. The third-order valence-corrected chi connectivity index (χ3v) is 11.2. The maximum atomic E-state index is 11.5. The van der Waals surface area contributed by atoms with E-state index >= 15 is 0 Å². The molecule has 0 saturated carbocycles. The Bertz CT molecular complexity index is 349. The van der Waals surface area contributed by atoms with E-state index in [1.54, 1.807) is 13.8 Å². The molecule has 4 atom stereocenters. The van der Waals surface area contributed by atoms with Crippen LogP contribution >= 0.6 is 0 Å². The lowest BCUT2D eigenvalue weighted by molar-refractivity contribution is 0.585. The summed E-state index contributed by atoms with van der Waals surface area (Å²) in [4.78, 5) is 0. The van der Waals surface area contributed by atoms with E-state index in [1.807, 2.05) is 0 Å². The first-order valence-electron chi connectivity index (χ1n) is 8.07. The van der Waals surface area contributed by atoms with Gasteiger partial charge in [-0.1, -0.05) is 52.4 Å². The van der Waals surface area contributed by atoms with Crippen molar-refractivity contribution in [1.82, 2.24) is 0 Å². The van der Waals surface area contributed by atoms with Crippen molar-refractivity contribution in [3.63, 3.8) is 0 Å². The zero-order chi connectivity index (χ0) is 16.8. The number of rotatable bonds is 15. The molecule has 134 valence electrons. The van der Waals surface area contributed by atoms with E-state index < -0.39 is 39.3 Å². The van der Waals surface area contributed by atoms with E-state index in [2.05, 4.69) is 0 Å². The number of hydrogen-bond donors (Lipinski definition) is 0. The fourth-order valence-electron chi connectivity index (χ4n) is 1.95. The second-order valence-electron chi connectivity index (χ2n) is 5.03. The molecule has 0 saturated heterocycles. The van der Waals surface area contributed by atoms with Crippen LogP contribution in [-0.2, 0) is 39.3 Å². The topological polar surface area (TPSA) is 68.3 Å². The van der Waals surface area contributed by atoms with Gasteiger partial charge < -0.3 is 0 Å². The lowest BCUT2D eigenvalue weighted by Gasteiger charge is -2.03. The molecule has 0 amide bonds. The van der Waals surface area contributed by atoms with Crippen LogP contribution in [0.4, 0.5) is 0 Å². The van der Waals surface area contributed by atoms with E-state index in [0.717, 1.165) is 51.4 Å². The SMILES string of the molecule is CCS(=O)S(=O)CCCCCCCCCCS(=O)S(=O)CC. The van der Waals surface area contributed by atoms with E-state index in [9.17, 15) is 16.8 Å². The van der Waals surface area contributed by atoms with E-state index in [4.69, 9.17) is 0 Å². The standard InChI is InChI=1S/C14H30O4S4/c1-3-19(15)21(17)13-11-9-7-5-6-8-10-12-14-22(18)20(16)4-2/h3-14H2,1-2H3. The van der Waals surface area contributed by atoms with Crippen LogP contribution < -0.4 is 0 Å². The van der Waals surface area contributed by atoms with Gasteiger partial charge in [0.25, 0.3) is 0 Å². The van der Waals surface area contributed by atoms with Gasteiger partial charge in [-0.3, -0.25) is 0 Å². The average Bonchev–Trinajstić information content (AvgIpc) is 2.54. The first-order valence-corrected chi connectivity index (χ1v) is 14.4. The van der Waals surface area contributed by atoms with E-state index in [-0.39, 0.29) is 0 Å². The Morgan fingerprint density at radius 3 is 1.00 bits per heavy atom. The molecule has 0 rings (SSSR count). The first kappa shape index (κ1) is 22.6. The smallest absolute Gasteiger partial charge is 0.110 e. The summed E-state index contributed by atoms with van der Waals surface area (Å²) in [5.74, 6) is 2.06. The molecule has 0 fully saturated rings. The number of hydrogen-bond acceptors (Lipinski definition) is 4. The normalized spacial score (nSPS) is 17.0.